The molecule has 1 aliphatic heterocycles. The van der Waals surface area contributed by atoms with Crippen LogP contribution in [0.25, 0.3) is 0 Å². The zero-order chi connectivity index (χ0) is 32.5. The quantitative estimate of drug-likeness (QED) is 0.0874. The van der Waals surface area contributed by atoms with E-state index in [9.17, 15) is 48.9 Å². The molecular formula is C25H42N6O11. The van der Waals surface area contributed by atoms with Crippen LogP contribution in [0.5, 0.6) is 0 Å². The molecule has 17 nitrogen and oxygen atoms in total. The van der Waals surface area contributed by atoms with Crippen molar-refractivity contribution in [2.24, 2.45) is 11.7 Å². The third kappa shape index (κ3) is 10.2. The highest BCUT2D eigenvalue weighted by molar-refractivity contribution is 5.97. The van der Waals surface area contributed by atoms with E-state index >= 15 is 0 Å². The molecule has 1 rings (SSSR count). The number of nitrogens with zero attached hydrogens (tertiary/aromatic N) is 1. The van der Waals surface area contributed by atoms with Gasteiger partial charge in [-0.3, -0.25) is 28.8 Å². The Kier molecular flexibility index (Phi) is 13.8. The average Bonchev–Trinajstić information content (AvgIpc) is 3.36. The summed E-state index contributed by atoms with van der Waals surface area (Å²) in [5.74, 6) is -7.50. The molecule has 0 aromatic rings. The Morgan fingerprint density at radius 1 is 0.786 bits per heavy atom. The molecule has 0 saturated carbocycles. The van der Waals surface area contributed by atoms with E-state index < -0.39 is 102 Å². The summed E-state index contributed by atoms with van der Waals surface area (Å²) in [6, 6.07) is -8.17. The molecule has 17 heteroatoms. The molecule has 0 aromatic heterocycles. The van der Waals surface area contributed by atoms with Crippen LogP contribution in [0.15, 0.2) is 0 Å². The minimum Gasteiger partial charge on any atom is -0.481 e. The first-order chi connectivity index (χ1) is 19.4. The van der Waals surface area contributed by atoms with Crippen molar-refractivity contribution in [2.45, 2.75) is 102 Å². The number of amides is 5. The second-order valence-electron chi connectivity index (χ2n) is 10.6. The van der Waals surface area contributed by atoms with Gasteiger partial charge in [-0.05, 0) is 39.5 Å². The fraction of sp³-hybridized carbons (Fsp3) is 0.720. The SMILES string of the molecule is CC(C)[C@H](NC(=O)[C@@H](NC(=O)[C@@H]1CCCN1C(=O)[C@H](C)NC(=O)[C@@H](NC(=O)[C@@H](N)CC(=O)O)[C@@H](C)O)[C@@H](C)O)C(=O)O. The van der Waals surface area contributed by atoms with Gasteiger partial charge in [0.25, 0.3) is 0 Å². The minimum atomic E-state index is -1.57. The predicted molar refractivity (Wildman–Crippen MR) is 144 cm³/mol. The summed E-state index contributed by atoms with van der Waals surface area (Å²) in [4.78, 5) is 87.4. The van der Waals surface area contributed by atoms with Gasteiger partial charge in [0.1, 0.15) is 30.2 Å². The molecule has 10 N–H and O–H groups in total. The van der Waals surface area contributed by atoms with Gasteiger partial charge in [-0.1, -0.05) is 13.8 Å². The molecule has 8 atom stereocenters. The van der Waals surface area contributed by atoms with Crippen LogP contribution < -0.4 is 27.0 Å². The number of nitrogens with two attached hydrogens (primary N) is 1. The van der Waals surface area contributed by atoms with E-state index in [1.165, 1.54) is 25.7 Å². The summed E-state index contributed by atoms with van der Waals surface area (Å²) in [7, 11) is 0. The van der Waals surface area contributed by atoms with Gasteiger partial charge in [0.2, 0.25) is 29.5 Å². The molecule has 0 aliphatic carbocycles. The van der Waals surface area contributed by atoms with Gasteiger partial charge in [0.15, 0.2) is 0 Å². The molecule has 1 heterocycles. The monoisotopic (exact) mass is 602 g/mol. The zero-order valence-electron chi connectivity index (χ0n) is 24.2. The number of carboxylic acids is 2. The van der Waals surface area contributed by atoms with Crippen LogP contribution >= 0.6 is 0 Å². The van der Waals surface area contributed by atoms with Crippen molar-refractivity contribution < 1.29 is 54.0 Å². The van der Waals surface area contributed by atoms with Gasteiger partial charge < -0.3 is 52.3 Å². The number of hydrogen-bond donors (Lipinski definition) is 9. The van der Waals surface area contributed by atoms with Crippen molar-refractivity contribution in [2.75, 3.05) is 6.54 Å². The molecule has 1 saturated heterocycles. The highest BCUT2D eigenvalue weighted by Gasteiger charge is 2.40. The molecule has 5 amide bonds. The summed E-state index contributed by atoms with van der Waals surface area (Å²) in [5.41, 5.74) is 5.49. The lowest BCUT2D eigenvalue weighted by molar-refractivity contribution is -0.145. The number of rotatable bonds is 15. The van der Waals surface area contributed by atoms with Crippen LogP contribution in [0, 0.1) is 5.92 Å². The Morgan fingerprint density at radius 2 is 1.29 bits per heavy atom. The third-order valence-corrected chi connectivity index (χ3v) is 6.65. The standard InChI is InChI=1S/C25H42N6O11/c1-10(2)17(25(41)42)28-23(39)19(13(5)33)30-21(37)15-7-6-8-31(15)24(40)11(3)27-22(38)18(12(4)32)29-20(36)14(26)9-16(34)35/h10-15,17-19,32-33H,6-9,26H2,1-5H3,(H,27,38)(H,28,39)(H,29,36)(H,30,37)(H,34,35)(H,41,42)/t11-,12+,13+,14-,15-,17-,18-,19-/m0/s1. The maximum Gasteiger partial charge on any atom is 0.326 e. The van der Waals surface area contributed by atoms with Crippen molar-refractivity contribution in [3.05, 3.63) is 0 Å². The van der Waals surface area contributed by atoms with E-state index in [4.69, 9.17) is 10.8 Å². The normalized spacial score (nSPS) is 19.8. The lowest BCUT2D eigenvalue weighted by Gasteiger charge is -2.30. The fourth-order valence-corrected chi connectivity index (χ4v) is 4.27. The van der Waals surface area contributed by atoms with E-state index in [0.29, 0.717) is 6.42 Å². The van der Waals surface area contributed by atoms with Crippen molar-refractivity contribution in [1.29, 1.82) is 0 Å². The number of carbonyl (C=O) groups excluding carboxylic acids is 5. The van der Waals surface area contributed by atoms with Crippen molar-refractivity contribution >= 4 is 41.5 Å². The Labute approximate surface area is 242 Å². The number of aliphatic hydroxyl groups is 2. The summed E-state index contributed by atoms with van der Waals surface area (Å²) >= 11 is 0. The van der Waals surface area contributed by atoms with E-state index in [1.54, 1.807) is 13.8 Å². The van der Waals surface area contributed by atoms with Gasteiger partial charge in [0, 0.05) is 6.54 Å². The number of likely N-dealkylation sites (tertiary alicyclic amines) is 1. The Balaban J connectivity index is 2.94. The number of carboxylic acid groups (broad SMARTS) is 2. The van der Waals surface area contributed by atoms with Gasteiger partial charge in [-0.2, -0.15) is 0 Å². The second-order valence-corrected chi connectivity index (χ2v) is 10.6. The molecule has 42 heavy (non-hydrogen) atoms. The molecule has 0 spiro atoms. The average molecular weight is 603 g/mol. The molecule has 0 unspecified atom stereocenters. The maximum atomic E-state index is 13.2. The van der Waals surface area contributed by atoms with E-state index in [1.807, 2.05) is 0 Å². The lowest BCUT2D eigenvalue weighted by Crippen LogP contribution is -2.61. The molecule has 1 aliphatic rings. The molecule has 0 bridgehead atoms. The summed E-state index contributed by atoms with van der Waals surface area (Å²) in [5, 5.41) is 47.4. The van der Waals surface area contributed by atoms with E-state index in [0.717, 1.165) is 0 Å². The third-order valence-electron chi connectivity index (χ3n) is 6.65. The van der Waals surface area contributed by atoms with Crippen LogP contribution in [-0.2, 0) is 33.6 Å². The fourth-order valence-electron chi connectivity index (χ4n) is 4.27. The Bertz CT molecular complexity index is 1030. The van der Waals surface area contributed by atoms with Gasteiger partial charge >= 0.3 is 11.9 Å². The summed E-state index contributed by atoms with van der Waals surface area (Å²) < 4.78 is 0. The molecular weight excluding hydrogens is 560 g/mol. The second kappa shape index (κ2) is 16.0. The molecule has 1 fully saturated rings. The first-order valence-electron chi connectivity index (χ1n) is 13.5. The first kappa shape index (κ1) is 36.2. The Hall–Kier alpha value is -3.83. The van der Waals surface area contributed by atoms with Crippen LogP contribution in [0.3, 0.4) is 0 Å². The highest BCUT2D eigenvalue weighted by atomic mass is 16.4. The molecule has 0 radical (unpaired) electrons. The summed E-state index contributed by atoms with van der Waals surface area (Å²) in [6.45, 7) is 7.00. The number of aliphatic hydroxyl groups excluding tert-OH is 2. The van der Waals surface area contributed by atoms with Crippen molar-refractivity contribution in [3.63, 3.8) is 0 Å². The van der Waals surface area contributed by atoms with Gasteiger partial charge in [0.05, 0.1) is 24.7 Å². The number of aliphatic carboxylic acids is 2. The Morgan fingerprint density at radius 3 is 1.76 bits per heavy atom. The maximum absolute atomic E-state index is 13.2. The van der Waals surface area contributed by atoms with E-state index in [-0.39, 0.29) is 13.0 Å². The summed E-state index contributed by atoms with van der Waals surface area (Å²) in [6.07, 6.45) is -2.97. The number of carbonyl (C=O) groups is 7. The number of nitrogens with one attached hydrogen (secondary N) is 4. The van der Waals surface area contributed by atoms with Crippen LogP contribution in [0.2, 0.25) is 0 Å². The largest absolute Gasteiger partial charge is 0.481 e. The van der Waals surface area contributed by atoms with Crippen LogP contribution in [-0.4, -0.2) is 122 Å². The number of hydrogen-bond acceptors (Lipinski definition) is 10. The van der Waals surface area contributed by atoms with Gasteiger partial charge in [-0.25, -0.2) is 4.79 Å². The minimum absolute atomic E-state index is 0.123. The smallest absolute Gasteiger partial charge is 0.326 e. The highest BCUT2D eigenvalue weighted by Crippen LogP contribution is 2.19. The lowest BCUT2D eigenvalue weighted by atomic mass is 10.0. The van der Waals surface area contributed by atoms with E-state index in [2.05, 4.69) is 21.3 Å². The zero-order valence-corrected chi connectivity index (χ0v) is 24.2. The molecule has 238 valence electrons. The van der Waals surface area contributed by atoms with Crippen LogP contribution in [0.4, 0.5) is 0 Å². The van der Waals surface area contributed by atoms with Crippen LogP contribution in [0.1, 0.15) is 53.9 Å². The predicted octanol–water partition coefficient (Wildman–Crippen LogP) is -3.76. The van der Waals surface area contributed by atoms with Crippen molar-refractivity contribution in [1.82, 2.24) is 26.2 Å². The van der Waals surface area contributed by atoms with Crippen molar-refractivity contribution in [3.8, 4) is 0 Å². The van der Waals surface area contributed by atoms with Gasteiger partial charge in [-0.15, -0.1) is 0 Å². The topological polar surface area (TPSA) is 278 Å². The molecule has 0 aromatic carbocycles. The first-order valence-corrected chi connectivity index (χ1v) is 13.5.